The minimum atomic E-state index is -0.107. The quantitative estimate of drug-likeness (QED) is 0.787. The fraction of sp³-hybridized carbons (Fsp3) is 0.619. The molecule has 5 nitrogen and oxygen atoms in total. The summed E-state index contributed by atoms with van der Waals surface area (Å²) in [6.45, 7) is 5.69. The van der Waals surface area contributed by atoms with Crippen LogP contribution in [-0.4, -0.2) is 66.0 Å². The van der Waals surface area contributed by atoms with Crippen LogP contribution in [0.3, 0.4) is 0 Å². The van der Waals surface area contributed by atoms with E-state index in [0.29, 0.717) is 19.6 Å². The van der Waals surface area contributed by atoms with E-state index >= 15 is 0 Å². The summed E-state index contributed by atoms with van der Waals surface area (Å²) < 4.78 is 0. The lowest BCUT2D eigenvalue weighted by Gasteiger charge is -2.40. The minimum absolute atomic E-state index is 0.0314. The highest BCUT2D eigenvalue weighted by atomic mass is 32.2. The maximum absolute atomic E-state index is 13.1. The number of likely N-dealkylation sites (tertiary alicyclic amines) is 1. The molecule has 1 aromatic carbocycles. The van der Waals surface area contributed by atoms with Crippen LogP contribution < -0.4 is 5.32 Å². The van der Waals surface area contributed by atoms with E-state index in [1.165, 1.54) is 5.56 Å². The van der Waals surface area contributed by atoms with E-state index in [1.807, 2.05) is 39.8 Å². The molecule has 148 valence electrons. The van der Waals surface area contributed by atoms with Gasteiger partial charge in [0.25, 0.3) is 0 Å². The van der Waals surface area contributed by atoms with Gasteiger partial charge in [-0.3, -0.25) is 4.79 Å². The van der Waals surface area contributed by atoms with Gasteiger partial charge in [0.15, 0.2) is 0 Å². The number of piperidine rings is 1. The molecule has 0 spiro atoms. The van der Waals surface area contributed by atoms with Crippen LogP contribution in [0.4, 0.5) is 4.79 Å². The van der Waals surface area contributed by atoms with Crippen molar-refractivity contribution in [3.63, 3.8) is 0 Å². The van der Waals surface area contributed by atoms with Gasteiger partial charge < -0.3 is 15.1 Å². The van der Waals surface area contributed by atoms with Crippen LogP contribution in [0.25, 0.3) is 0 Å². The van der Waals surface area contributed by atoms with Crippen molar-refractivity contribution in [3.05, 3.63) is 35.9 Å². The summed E-state index contributed by atoms with van der Waals surface area (Å²) in [7, 11) is 0. The van der Waals surface area contributed by atoms with Gasteiger partial charge in [0, 0.05) is 50.1 Å². The van der Waals surface area contributed by atoms with Crippen molar-refractivity contribution >= 4 is 23.7 Å². The molecule has 27 heavy (non-hydrogen) atoms. The van der Waals surface area contributed by atoms with Crippen molar-refractivity contribution in [3.8, 4) is 0 Å². The Balaban J connectivity index is 1.72. The fourth-order valence-electron chi connectivity index (χ4n) is 3.94. The lowest BCUT2D eigenvalue weighted by molar-refractivity contribution is -0.136. The Morgan fingerprint density at radius 3 is 2.56 bits per heavy atom. The smallest absolute Gasteiger partial charge is 0.317 e. The number of nitrogens with zero attached hydrogens (tertiary/aromatic N) is 2. The summed E-state index contributed by atoms with van der Waals surface area (Å²) in [4.78, 5) is 29.7. The lowest BCUT2D eigenvalue weighted by Crippen LogP contribution is -2.52. The Morgan fingerprint density at radius 2 is 1.85 bits per heavy atom. The molecule has 0 aliphatic carbocycles. The van der Waals surface area contributed by atoms with Gasteiger partial charge in [-0.25, -0.2) is 4.79 Å². The first kappa shape index (κ1) is 20.1. The number of nitrogens with one attached hydrogen (secondary N) is 1. The number of carbonyl (C=O) groups is 2. The summed E-state index contributed by atoms with van der Waals surface area (Å²) in [5.41, 5.74) is 1.22. The monoisotopic (exact) mass is 389 g/mol. The molecular formula is C21H31N3O2S. The number of benzene rings is 1. The SMILES string of the molecule is CCCCNC(=O)N1C[C@H](C(=O)N2CCSCC2)C[C@@H](c2ccccc2)C1. The molecule has 0 saturated carbocycles. The zero-order chi connectivity index (χ0) is 19.1. The second-order valence-corrected chi connectivity index (χ2v) is 8.69. The average Bonchev–Trinajstić information content (AvgIpc) is 2.74. The molecule has 2 aliphatic heterocycles. The molecule has 2 aliphatic rings. The van der Waals surface area contributed by atoms with Gasteiger partial charge in [0.2, 0.25) is 5.91 Å². The van der Waals surface area contributed by atoms with E-state index in [4.69, 9.17) is 0 Å². The molecule has 2 atom stereocenters. The van der Waals surface area contributed by atoms with Gasteiger partial charge in [0.05, 0.1) is 5.92 Å². The summed E-state index contributed by atoms with van der Waals surface area (Å²) in [6, 6.07) is 10.3. The third-order valence-corrected chi connectivity index (χ3v) is 6.43. The first-order chi connectivity index (χ1) is 13.2. The number of hydrogen-bond donors (Lipinski definition) is 1. The van der Waals surface area contributed by atoms with Crippen molar-refractivity contribution in [1.29, 1.82) is 0 Å². The summed E-state index contributed by atoms with van der Waals surface area (Å²) in [5.74, 6) is 2.36. The number of rotatable bonds is 5. The first-order valence-corrected chi connectivity index (χ1v) is 11.3. The number of hydrogen-bond acceptors (Lipinski definition) is 3. The Bertz CT molecular complexity index is 619. The maximum Gasteiger partial charge on any atom is 0.317 e. The van der Waals surface area contributed by atoms with Crippen molar-refractivity contribution in [2.24, 2.45) is 5.92 Å². The molecule has 3 rings (SSSR count). The second kappa shape index (κ2) is 10.0. The Kier molecular flexibility index (Phi) is 7.44. The van der Waals surface area contributed by atoms with E-state index in [1.54, 1.807) is 0 Å². The Labute approximate surface area is 166 Å². The van der Waals surface area contributed by atoms with Gasteiger partial charge in [-0.2, -0.15) is 11.8 Å². The van der Waals surface area contributed by atoms with Crippen LogP contribution in [0.5, 0.6) is 0 Å². The van der Waals surface area contributed by atoms with E-state index in [0.717, 1.165) is 43.9 Å². The zero-order valence-electron chi connectivity index (χ0n) is 16.2. The largest absolute Gasteiger partial charge is 0.341 e. The molecule has 0 bridgehead atoms. The second-order valence-electron chi connectivity index (χ2n) is 7.47. The third-order valence-electron chi connectivity index (χ3n) is 5.49. The molecule has 0 unspecified atom stereocenters. The van der Waals surface area contributed by atoms with Gasteiger partial charge >= 0.3 is 6.03 Å². The predicted molar refractivity (Wildman–Crippen MR) is 111 cm³/mol. The molecule has 2 heterocycles. The number of unbranched alkanes of at least 4 members (excludes halogenated alkanes) is 1. The normalized spacial score (nSPS) is 23.1. The number of amides is 3. The van der Waals surface area contributed by atoms with E-state index in [-0.39, 0.29) is 23.8 Å². The highest BCUT2D eigenvalue weighted by Gasteiger charge is 2.36. The van der Waals surface area contributed by atoms with Gasteiger partial charge in [-0.05, 0) is 18.4 Å². The molecule has 0 aromatic heterocycles. The standard InChI is InChI=1S/C21H31N3O2S/c1-2-3-9-22-21(26)24-15-18(17-7-5-4-6-8-17)14-19(16-24)20(25)23-10-12-27-13-11-23/h4-8,18-19H,2-3,9-16H2,1H3,(H,22,26)/t18-,19-/m1/s1. The lowest BCUT2D eigenvalue weighted by atomic mass is 9.84. The highest BCUT2D eigenvalue weighted by molar-refractivity contribution is 7.99. The molecule has 2 saturated heterocycles. The molecule has 3 amide bonds. The van der Waals surface area contributed by atoms with Crippen molar-refractivity contribution in [1.82, 2.24) is 15.1 Å². The molecule has 6 heteroatoms. The maximum atomic E-state index is 13.1. The summed E-state index contributed by atoms with van der Waals surface area (Å²) in [5, 5.41) is 3.02. The van der Waals surface area contributed by atoms with Crippen LogP contribution in [0.1, 0.15) is 37.7 Å². The summed E-state index contributed by atoms with van der Waals surface area (Å²) in [6.07, 6.45) is 2.86. The van der Waals surface area contributed by atoms with Crippen LogP contribution >= 0.6 is 11.8 Å². The highest BCUT2D eigenvalue weighted by Crippen LogP contribution is 2.31. The Hall–Kier alpha value is -1.69. The van der Waals surface area contributed by atoms with Crippen LogP contribution in [0.15, 0.2) is 30.3 Å². The van der Waals surface area contributed by atoms with E-state index < -0.39 is 0 Å². The molecule has 2 fully saturated rings. The van der Waals surface area contributed by atoms with E-state index in [2.05, 4.69) is 24.4 Å². The van der Waals surface area contributed by atoms with E-state index in [9.17, 15) is 9.59 Å². The van der Waals surface area contributed by atoms with Crippen LogP contribution in [0.2, 0.25) is 0 Å². The van der Waals surface area contributed by atoms with Gasteiger partial charge in [0.1, 0.15) is 0 Å². The molecule has 1 aromatic rings. The van der Waals surface area contributed by atoms with Gasteiger partial charge in [-0.1, -0.05) is 43.7 Å². The number of thioether (sulfide) groups is 1. The van der Waals surface area contributed by atoms with Gasteiger partial charge in [-0.15, -0.1) is 0 Å². The molecule has 1 N–H and O–H groups in total. The average molecular weight is 390 g/mol. The molecular weight excluding hydrogens is 358 g/mol. The van der Waals surface area contributed by atoms with Crippen LogP contribution in [-0.2, 0) is 4.79 Å². The Morgan fingerprint density at radius 1 is 1.11 bits per heavy atom. The fourth-order valence-corrected chi connectivity index (χ4v) is 4.84. The van der Waals surface area contributed by atoms with Crippen molar-refractivity contribution in [2.45, 2.75) is 32.1 Å². The number of urea groups is 1. The summed E-state index contributed by atoms with van der Waals surface area (Å²) >= 11 is 1.91. The molecule has 0 radical (unpaired) electrons. The van der Waals surface area contributed by atoms with Crippen molar-refractivity contribution in [2.75, 3.05) is 44.2 Å². The van der Waals surface area contributed by atoms with Crippen molar-refractivity contribution < 1.29 is 9.59 Å². The topological polar surface area (TPSA) is 52.7 Å². The number of carbonyl (C=O) groups excluding carboxylic acids is 2. The zero-order valence-corrected chi connectivity index (χ0v) is 17.0. The third kappa shape index (κ3) is 5.41. The minimum Gasteiger partial charge on any atom is -0.341 e. The first-order valence-electron chi connectivity index (χ1n) is 10.1. The predicted octanol–water partition coefficient (Wildman–Crippen LogP) is 3.18. The van der Waals surface area contributed by atoms with Crippen LogP contribution in [0, 0.1) is 5.92 Å².